The van der Waals surface area contributed by atoms with E-state index in [0.29, 0.717) is 22.0 Å². The molecule has 0 aromatic heterocycles. The van der Waals surface area contributed by atoms with Crippen LogP contribution in [0.1, 0.15) is 31.1 Å². The van der Waals surface area contributed by atoms with Crippen molar-refractivity contribution < 1.29 is 9.59 Å². The predicted octanol–water partition coefficient (Wildman–Crippen LogP) is 4.45. The van der Waals surface area contributed by atoms with E-state index in [0.717, 1.165) is 0 Å². The van der Waals surface area contributed by atoms with Gasteiger partial charge in [0.2, 0.25) is 5.91 Å². The van der Waals surface area contributed by atoms with E-state index in [9.17, 15) is 9.59 Å². The highest BCUT2D eigenvalue weighted by atomic mass is 35.5. The van der Waals surface area contributed by atoms with Gasteiger partial charge in [-0.2, -0.15) is 0 Å². The summed E-state index contributed by atoms with van der Waals surface area (Å²) < 4.78 is 0. The third kappa shape index (κ3) is 5.82. The maximum atomic E-state index is 12.4. The highest BCUT2D eigenvalue weighted by molar-refractivity contribution is 7.80. The molecule has 0 saturated carbocycles. The van der Waals surface area contributed by atoms with Crippen molar-refractivity contribution in [3.63, 3.8) is 0 Å². The molecule has 2 aromatic carbocycles. The Morgan fingerprint density at radius 1 is 0.962 bits per heavy atom. The lowest BCUT2D eigenvalue weighted by Crippen LogP contribution is -2.41. The molecule has 2 amide bonds. The van der Waals surface area contributed by atoms with Gasteiger partial charge in [0.15, 0.2) is 5.11 Å². The fourth-order valence-electron chi connectivity index (χ4n) is 1.96. The molecular formula is C19H20ClN3O2S. The molecule has 0 bridgehead atoms. The number of hydrogen-bond acceptors (Lipinski definition) is 3. The summed E-state index contributed by atoms with van der Waals surface area (Å²) >= 11 is 11.1. The Morgan fingerprint density at radius 3 is 2.19 bits per heavy atom. The van der Waals surface area contributed by atoms with E-state index < -0.39 is 5.41 Å². The summed E-state index contributed by atoms with van der Waals surface area (Å²) in [5.41, 5.74) is 1.10. The zero-order valence-corrected chi connectivity index (χ0v) is 16.3. The van der Waals surface area contributed by atoms with Gasteiger partial charge >= 0.3 is 0 Å². The fraction of sp³-hybridized carbons (Fsp3) is 0.211. The second-order valence-electron chi connectivity index (χ2n) is 6.70. The van der Waals surface area contributed by atoms with Gasteiger partial charge < -0.3 is 16.0 Å². The quantitative estimate of drug-likeness (QED) is 0.678. The van der Waals surface area contributed by atoms with Crippen LogP contribution in [0.5, 0.6) is 0 Å². The third-order valence-corrected chi connectivity index (χ3v) is 3.81. The number of anilines is 2. The van der Waals surface area contributed by atoms with E-state index in [1.807, 2.05) is 0 Å². The highest BCUT2D eigenvalue weighted by Gasteiger charge is 2.22. The van der Waals surface area contributed by atoms with Crippen LogP contribution in [-0.2, 0) is 4.79 Å². The molecule has 0 saturated heterocycles. The van der Waals surface area contributed by atoms with E-state index in [1.54, 1.807) is 69.3 Å². The van der Waals surface area contributed by atoms with Crippen molar-refractivity contribution in [1.29, 1.82) is 0 Å². The topological polar surface area (TPSA) is 70.2 Å². The van der Waals surface area contributed by atoms with E-state index in [1.165, 1.54) is 0 Å². The fourth-order valence-corrected chi connectivity index (χ4v) is 2.36. The molecule has 0 radical (unpaired) electrons. The maximum absolute atomic E-state index is 12.4. The first-order chi connectivity index (χ1) is 12.1. The minimum absolute atomic E-state index is 0.178. The second-order valence-corrected chi connectivity index (χ2v) is 7.55. The van der Waals surface area contributed by atoms with Crippen molar-refractivity contribution in [2.24, 2.45) is 5.41 Å². The summed E-state index contributed by atoms with van der Waals surface area (Å²) in [5, 5.41) is 9.04. The number of amides is 2. The summed E-state index contributed by atoms with van der Waals surface area (Å²) in [6.45, 7) is 5.39. The largest absolute Gasteiger partial charge is 0.332 e. The first-order valence-corrected chi connectivity index (χ1v) is 8.73. The Kier molecular flexibility index (Phi) is 6.34. The summed E-state index contributed by atoms with van der Waals surface area (Å²) in [6.07, 6.45) is 0. The van der Waals surface area contributed by atoms with Crippen LogP contribution in [-0.4, -0.2) is 16.9 Å². The Hall–Kier alpha value is -2.44. The lowest BCUT2D eigenvalue weighted by molar-refractivity contribution is -0.126. The highest BCUT2D eigenvalue weighted by Crippen LogP contribution is 2.17. The van der Waals surface area contributed by atoms with Crippen LogP contribution in [0.25, 0.3) is 0 Å². The first-order valence-electron chi connectivity index (χ1n) is 7.94. The van der Waals surface area contributed by atoms with Crippen LogP contribution >= 0.6 is 23.8 Å². The number of carbonyl (C=O) groups excluding carboxylic acids is 2. The molecule has 2 aromatic rings. The van der Waals surface area contributed by atoms with Gasteiger partial charge in [-0.3, -0.25) is 9.59 Å². The lowest BCUT2D eigenvalue weighted by atomic mass is 9.96. The van der Waals surface area contributed by atoms with Crippen molar-refractivity contribution in [1.82, 2.24) is 5.32 Å². The average Bonchev–Trinajstić information content (AvgIpc) is 2.54. The van der Waals surface area contributed by atoms with Crippen LogP contribution < -0.4 is 16.0 Å². The Bertz CT molecular complexity index is 847. The summed E-state index contributed by atoms with van der Waals surface area (Å²) in [5.74, 6) is -0.467. The molecule has 0 unspecified atom stereocenters. The van der Waals surface area contributed by atoms with Gasteiger partial charge in [0.25, 0.3) is 5.91 Å². The molecule has 136 valence electrons. The smallest absolute Gasteiger partial charge is 0.255 e. The number of thiocarbonyl (C=S) groups is 1. The molecule has 0 spiro atoms. The number of hydrogen-bond donors (Lipinski definition) is 3. The number of rotatable bonds is 3. The molecule has 3 N–H and O–H groups in total. The van der Waals surface area contributed by atoms with Crippen LogP contribution in [0.2, 0.25) is 5.02 Å². The first kappa shape index (κ1) is 19.9. The van der Waals surface area contributed by atoms with E-state index in [4.69, 9.17) is 23.8 Å². The zero-order chi connectivity index (χ0) is 19.3. The average molecular weight is 390 g/mol. The molecule has 7 heteroatoms. The number of carbonyl (C=O) groups is 2. The number of benzene rings is 2. The summed E-state index contributed by atoms with van der Waals surface area (Å²) in [4.78, 5) is 24.3. The second kappa shape index (κ2) is 8.29. The standard InChI is InChI=1S/C19H20ClN3O2S/c1-19(2,3)17(25)23-18(26)22-14-8-4-6-12(10-14)16(24)21-15-9-5-7-13(20)11-15/h4-11H,1-3H3,(H,21,24)(H2,22,23,25,26). The Balaban J connectivity index is 2.04. The van der Waals surface area contributed by atoms with Crippen LogP contribution in [0.15, 0.2) is 48.5 Å². The van der Waals surface area contributed by atoms with Crippen molar-refractivity contribution in [2.75, 3.05) is 10.6 Å². The molecule has 0 atom stereocenters. The van der Waals surface area contributed by atoms with Crippen molar-refractivity contribution in [3.8, 4) is 0 Å². The van der Waals surface area contributed by atoms with Gasteiger partial charge in [0.1, 0.15) is 0 Å². The van der Waals surface area contributed by atoms with E-state index >= 15 is 0 Å². The molecule has 5 nitrogen and oxygen atoms in total. The Labute approximate surface area is 163 Å². The molecule has 0 heterocycles. The third-order valence-electron chi connectivity index (χ3n) is 3.37. The SMILES string of the molecule is CC(C)(C)C(=O)NC(=S)Nc1cccc(C(=O)Nc2cccc(Cl)c2)c1. The van der Waals surface area contributed by atoms with E-state index in [-0.39, 0.29) is 16.9 Å². The van der Waals surface area contributed by atoms with Crippen molar-refractivity contribution >= 4 is 52.1 Å². The molecule has 0 aliphatic carbocycles. The zero-order valence-electron chi connectivity index (χ0n) is 14.7. The number of halogens is 1. The van der Waals surface area contributed by atoms with Crippen molar-refractivity contribution in [2.45, 2.75) is 20.8 Å². The van der Waals surface area contributed by atoms with E-state index in [2.05, 4.69) is 16.0 Å². The molecule has 26 heavy (non-hydrogen) atoms. The van der Waals surface area contributed by atoms with Crippen LogP contribution in [0, 0.1) is 5.41 Å². The number of nitrogens with one attached hydrogen (secondary N) is 3. The molecule has 2 rings (SSSR count). The maximum Gasteiger partial charge on any atom is 0.255 e. The summed E-state index contributed by atoms with van der Waals surface area (Å²) in [6, 6.07) is 13.7. The van der Waals surface area contributed by atoms with Crippen LogP contribution in [0.3, 0.4) is 0 Å². The van der Waals surface area contributed by atoms with Crippen molar-refractivity contribution in [3.05, 3.63) is 59.1 Å². The lowest BCUT2D eigenvalue weighted by Gasteiger charge is -2.18. The summed E-state index contributed by atoms with van der Waals surface area (Å²) in [7, 11) is 0. The van der Waals surface area contributed by atoms with Crippen LogP contribution in [0.4, 0.5) is 11.4 Å². The van der Waals surface area contributed by atoms with Gasteiger partial charge in [-0.25, -0.2) is 0 Å². The van der Waals surface area contributed by atoms with Gasteiger partial charge in [0.05, 0.1) is 0 Å². The minimum Gasteiger partial charge on any atom is -0.332 e. The minimum atomic E-state index is -0.551. The van der Waals surface area contributed by atoms with Gasteiger partial charge in [-0.1, -0.05) is 44.5 Å². The molecule has 0 fully saturated rings. The molecular weight excluding hydrogens is 370 g/mol. The monoisotopic (exact) mass is 389 g/mol. The van der Waals surface area contributed by atoms with Gasteiger partial charge in [0, 0.05) is 27.4 Å². The predicted molar refractivity (Wildman–Crippen MR) is 110 cm³/mol. The van der Waals surface area contributed by atoms with Gasteiger partial charge in [-0.05, 0) is 48.6 Å². The van der Waals surface area contributed by atoms with Gasteiger partial charge in [-0.15, -0.1) is 0 Å². The normalized spacial score (nSPS) is 10.8. The molecule has 0 aliphatic rings. The Morgan fingerprint density at radius 2 is 1.58 bits per heavy atom. The molecule has 0 aliphatic heterocycles.